The molecule has 0 fully saturated rings. The van der Waals surface area contributed by atoms with E-state index in [9.17, 15) is 14.4 Å². The molecular weight excluding hydrogens is 450 g/mol. The van der Waals surface area contributed by atoms with Crippen molar-refractivity contribution in [2.45, 2.75) is 135 Å². The first kappa shape index (κ1) is 31.7. The molecule has 0 aromatic carbocycles. The Hall–Kier alpha value is -2.37. The third-order valence-corrected chi connectivity index (χ3v) is 6.76. The van der Waals surface area contributed by atoms with Gasteiger partial charge < -0.3 is 0 Å². The molecule has 6 nitrogen and oxygen atoms in total. The fraction of sp³-hybridized carbons (Fsp3) is 0.700. The molecule has 36 heavy (non-hydrogen) atoms. The normalized spacial score (nSPS) is 11.0. The Balaban J connectivity index is 2.84. The number of rotatable bonds is 24. The van der Waals surface area contributed by atoms with E-state index < -0.39 is 17.1 Å². The van der Waals surface area contributed by atoms with E-state index in [1.165, 1.54) is 13.7 Å². The van der Waals surface area contributed by atoms with Crippen LogP contribution in [0.3, 0.4) is 0 Å². The summed E-state index contributed by atoms with van der Waals surface area (Å²) in [5.41, 5.74) is -1.32. The van der Waals surface area contributed by atoms with Gasteiger partial charge in [-0.25, -0.2) is 28.1 Å². The quantitative estimate of drug-likeness (QED) is 0.116. The molecule has 0 saturated heterocycles. The lowest BCUT2D eigenvalue weighted by atomic mass is 10.1. The van der Waals surface area contributed by atoms with Crippen molar-refractivity contribution in [3.63, 3.8) is 0 Å². The molecule has 0 unspecified atom stereocenters. The van der Waals surface area contributed by atoms with Crippen LogP contribution >= 0.6 is 0 Å². The first-order valence-corrected chi connectivity index (χ1v) is 14.4. The molecule has 0 aliphatic rings. The molecule has 1 aromatic rings. The number of allylic oxidation sites excluding steroid dienone is 3. The van der Waals surface area contributed by atoms with Crippen molar-refractivity contribution in [1.29, 1.82) is 0 Å². The smallest absolute Gasteiger partial charge is 0.247 e. The van der Waals surface area contributed by atoms with Gasteiger partial charge in [-0.2, -0.15) is 0 Å². The molecule has 204 valence electrons. The van der Waals surface area contributed by atoms with Crippen molar-refractivity contribution < 1.29 is 0 Å². The summed E-state index contributed by atoms with van der Waals surface area (Å²) in [7, 11) is 0. The van der Waals surface area contributed by atoms with Crippen molar-refractivity contribution in [3.8, 4) is 0 Å². The Morgan fingerprint density at radius 3 is 0.861 bits per heavy atom. The summed E-state index contributed by atoms with van der Waals surface area (Å²) < 4.78 is 3.91. The molecular formula is C30H51N3O3. The molecule has 0 aliphatic carbocycles. The monoisotopic (exact) mass is 501 g/mol. The number of aromatic nitrogens is 3. The van der Waals surface area contributed by atoms with E-state index in [1.54, 1.807) is 0 Å². The minimum atomic E-state index is -0.441. The number of nitrogens with zero attached hydrogens (tertiary/aromatic N) is 3. The highest BCUT2D eigenvalue weighted by molar-refractivity contribution is 4.80. The predicted octanol–water partition coefficient (Wildman–Crippen LogP) is 6.75. The summed E-state index contributed by atoms with van der Waals surface area (Å²) in [4.78, 5) is 39.4. The second-order valence-corrected chi connectivity index (χ2v) is 9.84. The van der Waals surface area contributed by atoms with E-state index in [0.717, 1.165) is 116 Å². The lowest BCUT2D eigenvalue weighted by Crippen LogP contribution is -2.54. The van der Waals surface area contributed by atoms with Crippen LogP contribution in [0, 0.1) is 0 Å². The summed E-state index contributed by atoms with van der Waals surface area (Å²) >= 11 is 0. The Kier molecular flexibility index (Phi) is 18.3. The van der Waals surface area contributed by atoms with E-state index in [1.807, 2.05) is 18.2 Å². The van der Waals surface area contributed by atoms with Crippen LogP contribution in [-0.2, 0) is 19.6 Å². The first-order valence-electron chi connectivity index (χ1n) is 14.4. The molecule has 0 aliphatic heterocycles. The van der Waals surface area contributed by atoms with Gasteiger partial charge in [-0.1, -0.05) is 76.0 Å². The van der Waals surface area contributed by atoms with Gasteiger partial charge in [0.25, 0.3) is 0 Å². The van der Waals surface area contributed by atoms with Gasteiger partial charge in [-0.05, 0) is 57.8 Å². The Labute approximate surface area is 218 Å². The standard InChI is InChI=1S/C30H51N3O3/c1-4-7-10-13-16-19-22-25-31-28(34)32(26-23-20-17-14-11-8-5-2)30(36)33(29(31)35)27-24-21-18-15-12-9-6-3/h4-6H,1-3,7-27H2. The highest BCUT2D eigenvalue weighted by Crippen LogP contribution is 2.08. The van der Waals surface area contributed by atoms with Crippen LogP contribution in [0.1, 0.15) is 116 Å². The van der Waals surface area contributed by atoms with Gasteiger partial charge in [0.05, 0.1) is 0 Å². The summed E-state index contributed by atoms with van der Waals surface area (Å²) in [6.07, 6.45) is 24.1. The minimum absolute atomic E-state index is 0.377. The maximum Gasteiger partial charge on any atom is 0.336 e. The van der Waals surface area contributed by atoms with E-state index in [4.69, 9.17) is 0 Å². The molecule has 0 spiro atoms. The molecule has 0 amide bonds. The Morgan fingerprint density at radius 1 is 0.389 bits per heavy atom. The average Bonchev–Trinajstić information content (AvgIpc) is 2.87. The molecule has 0 radical (unpaired) electrons. The zero-order chi connectivity index (χ0) is 26.4. The predicted molar refractivity (Wildman–Crippen MR) is 153 cm³/mol. The maximum absolute atomic E-state index is 13.1. The Bertz CT molecular complexity index is 774. The van der Waals surface area contributed by atoms with Gasteiger partial charge in [0, 0.05) is 19.6 Å². The van der Waals surface area contributed by atoms with Crippen LogP contribution in [0.25, 0.3) is 0 Å². The molecule has 0 atom stereocenters. The summed E-state index contributed by atoms with van der Waals surface area (Å²) in [6.45, 7) is 12.4. The van der Waals surface area contributed by atoms with Crippen LogP contribution in [0.15, 0.2) is 52.3 Å². The van der Waals surface area contributed by atoms with Crippen molar-refractivity contribution in [2.24, 2.45) is 0 Å². The lowest BCUT2D eigenvalue weighted by molar-refractivity contribution is 0.411. The van der Waals surface area contributed by atoms with Crippen LogP contribution in [0.5, 0.6) is 0 Å². The van der Waals surface area contributed by atoms with Crippen LogP contribution in [-0.4, -0.2) is 13.7 Å². The van der Waals surface area contributed by atoms with E-state index in [2.05, 4.69) is 19.7 Å². The number of hydrogen-bond donors (Lipinski definition) is 0. The number of unbranched alkanes of at least 4 members (excludes halogenated alkanes) is 15. The van der Waals surface area contributed by atoms with Gasteiger partial charge in [0.2, 0.25) is 0 Å². The molecule has 0 N–H and O–H groups in total. The summed E-state index contributed by atoms with van der Waals surface area (Å²) in [5, 5.41) is 0. The summed E-state index contributed by atoms with van der Waals surface area (Å²) in [5.74, 6) is 0. The van der Waals surface area contributed by atoms with Gasteiger partial charge >= 0.3 is 17.1 Å². The largest absolute Gasteiger partial charge is 0.336 e. The van der Waals surface area contributed by atoms with Gasteiger partial charge in [-0.3, -0.25) is 0 Å². The highest BCUT2D eigenvalue weighted by Gasteiger charge is 2.15. The van der Waals surface area contributed by atoms with Crippen molar-refractivity contribution in [2.75, 3.05) is 0 Å². The van der Waals surface area contributed by atoms with Crippen molar-refractivity contribution >= 4 is 0 Å². The van der Waals surface area contributed by atoms with Crippen molar-refractivity contribution in [3.05, 3.63) is 69.4 Å². The second kappa shape index (κ2) is 20.8. The molecule has 6 heteroatoms. The van der Waals surface area contributed by atoms with E-state index in [-0.39, 0.29) is 0 Å². The zero-order valence-corrected chi connectivity index (χ0v) is 22.8. The third kappa shape index (κ3) is 12.5. The fourth-order valence-corrected chi connectivity index (χ4v) is 4.52. The highest BCUT2D eigenvalue weighted by atomic mass is 16.2. The Morgan fingerprint density at radius 2 is 0.611 bits per heavy atom. The average molecular weight is 502 g/mol. The van der Waals surface area contributed by atoms with Crippen LogP contribution in [0.4, 0.5) is 0 Å². The van der Waals surface area contributed by atoms with Crippen molar-refractivity contribution in [1.82, 2.24) is 13.7 Å². The molecule has 0 saturated carbocycles. The van der Waals surface area contributed by atoms with E-state index >= 15 is 0 Å². The van der Waals surface area contributed by atoms with Gasteiger partial charge in [0.15, 0.2) is 0 Å². The molecule has 1 heterocycles. The molecule has 1 rings (SSSR count). The zero-order valence-electron chi connectivity index (χ0n) is 22.8. The number of hydrogen-bond acceptors (Lipinski definition) is 3. The third-order valence-electron chi connectivity index (χ3n) is 6.76. The first-order chi connectivity index (χ1) is 17.6. The second-order valence-electron chi connectivity index (χ2n) is 9.84. The van der Waals surface area contributed by atoms with E-state index in [0.29, 0.717) is 19.6 Å². The van der Waals surface area contributed by atoms with Crippen LogP contribution in [0.2, 0.25) is 0 Å². The minimum Gasteiger partial charge on any atom is -0.247 e. The molecule has 1 aromatic heterocycles. The molecule has 0 bridgehead atoms. The SMILES string of the molecule is C=CCCCCCCCn1c(=O)n(CCCCCCCC=C)c(=O)n(CCCCCCCC=C)c1=O. The van der Waals surface area contributed by atoms with Crippen LogP contribution < -0.4 is 17.1 Å². The fourth-order valence-electron chi connectivity index (χ4n) is 4.52. The maximum atomic E-state index is 13.1. The summed E-state index contributed by atoms with van der Waals surface area (Å²) in [6, 6.07) is 0. The van der Waals surface area contributed by atoms with Gasteiger partial charge in [-0.15, -0.1) is 19.7 Å². The lowest BCUT2D eigenvalue weighted by Gasteiger charge is -2.14. The topological polar surface area (TPSA) is 66.0 Å². The van der Waals surface area contributed by atoms with Gasteiger partial charge in [0.1, 0.15) is 0 Å².